The number of halogens is 2. The third-order valence-electron chi connectivity index (χ3n) is 5.16. The van der Waals surface area contributed by atoms with Crippen LogP contribution in [-0.2, 0) is 9.59 Å². The van der Waals surface area contributed by atoms with Gasteiger partial charge in [0.25, 0.3) is 0 Å². The van der Waals surface area contributed by atoms with Crippen LogP contribution in [0.3, 0.4) is 0 Å². The predicted molar refractivity (Wildman–Crippen MR) is 96.9 cm³/mol. The van der Waals surface area contributed by atoms with Gasteiger partial charge in [-0.15, -0.1) is 0 Å². The summed E-state index contributed by atoms with van der Waals surface area (Å²) < 4.78 is 0. The van der Waals surface area contributed by atoms with E-state index in [4.69, 9.17) is 23.2 Å². The number of amides is 1. The Morgan fingerprint density at radius 3 is 2.52 bits per heavy atom. The van der Waals surface area contributed by atoms with Gasteiger partial charge in [-0.3, -0.25) is 14.5 Å². The Morgan fingerprint density at radius 1 is 1.24 bits per heavy atom. The number of nitrogens with zero attached hydrogens (tertiary/aromatic N) is 2. The van der Waals surface area contributed by atoms with Crippen LogP contribution in [0, 0.1) is 5.92 Å². The van der Waals surface area contributed by atoms with Crippen molar-refractivity contribution in [3.8, 4) is 0 Å². The Hall–Kier alpha value is -1.30. The number of carbonyl (C=O) groups is 2. The van der Waals surface area contributed by atoms with Crippen LogP contribution in [-0.4, -0.2) is 53.0 Å². The Morgan fingerprint density at radius 2 is 1.96 bits per heavy atom. The van der Waals surface area contributed by atoms with Gasteiger partial charge in [-0.1, -0.05) is 29.3 Å². The van der Waals surface area contributed by atoms with Crippen LogP contribution in [0.5, 0.6) is 0 Å². The van der Waals surface area contributed by atoms with Gasteiger partial charge in [0, 0.05) is 29.6 Å². The molecule has 1 N–H and O–H groups in total. The number of likely N-dealkylation sites (tertiary alicyclic amines) is 2. The van der Waals surface area contributed by atoms with E-state index in [-0.39, 0.29) is 5.91 Å². The number of hydrogen-bond donors (Lipinski definition) is 1. The number of piperidine rings is 1. The summed E-state index contributed by atoms with van der Waals surface area (Å²) >= 11 is 12.1. The standard InChI is InChI=1S/C18H22Cl2N2O3/c19-13-3-4-14(15(20)10-13)17(18(24)25)21-8-5-12(6-9-21)11-22-7-1-2-16(22)23/h3-4,10,12,17H,1-2,5-9,11H2,(H,24,25). The van der Waals surface area contributed by atoms with Gasteiger partial charge in [-0.2, -0.15) is 0 Å². The quantitative estimate of drug-likeness (QED) is 0.844. The molecule has 3 rings (SSSR count). The van der Waals surface area contributed by atoms with Crippen LogP contribution in [0.25, 0.3) is 0 Å². The minimum Gasteiger partial charge on any atom is -0.480 e. The second-order valence-electron chi connectivity index (χ2n) is 6.83. The summed E-state index contributed by atoms with van der Waals surface area (Å²) in [5.41, 5.74) is 0.576. The highest BCUT2D eigenvalue weighted by atomic mass is 35.5. The van der Waals surface area contributed by atoms with Crippen molar-refractivity contribution >= 4 is 35.1 Å². The maximum atomic E-state index is 11.9. The van der Waals surface area contributed by atoms with Crippen molar-refractivity contribution in [3.05, 3.63) is 33.8 Å². The van der Waals surface area contributed by atoms with Crippen molar-refractivity contribution in [1.82, 2.24) is 9.80 Å². The van der Waals surface area contributed by atoms with Crippen molar-refractivity contribution in [1.29, 1.82) is 0 Å². The first-order chi connectivity index (χ1) is 12.0. The van der Waals surface area contributed by atoms with Crippen LogP contribution in [0.4, 0.5) is 0 Å². The molecule has 1 unspecified atom stereocenters. The maximum Gasteiger partial charge on any atom is 0.325 e. The fourth-order valence-electron chi connectivity index (χ4n) is 3.81. The van der Waals surface area contributed by atoms with Gasteiger partial charge in [0.15, 0.2) is 0 Å². The highest BCUT2D eigenvalue weighted by Crippen LogP contribution is 2.33. The first-order valence-electron chi connectivity index (χ1n) is 8.65. The van der Waals surface area contributed by atoms with E-state index in [2.05, 4.69) is 0 Å². The number of carboxylic acid groups (broad SMARTS) is 1. The molecule has 0 aliphatic carbocycles. The topological polar surface area (TPSA) is 60.9 Å². The molecule has 25 heavy (non-hydrogen) atoms. The minimum atomic E-state index is -0.905. The molecule has 2 heterocycles. The first kappa shape index (κ1) is 18.5. The van der Waals surface area contributed by atoms with Gasteiger partial charge in [0.05, 0.1) is 0 Å². The lowest BCUT2D eigenvalue weighted by molar-refractivity contribution is -0.144. The smallest absolute Gasteiger partial charge is 0.325 e. The molecule has 1 atom stereocenters. The highest BCUT2D eigenvalue weighted by Gasteiger charge is 2.33. The SMILES string of the molecule is O=C(O)C(c1ccc(Cl)cc1Cl)N1CCC(CN2CCCC2=O)CC1. The number of carbonyl (C=O) groups excluding carboxylic acids is 1. The largest absolute Gasteiger partial charge is 0.480 e. The van der Waals surface area contributed by atoms with Crippen molar-refractivity contribution in [2.45, 2.75) is 31.7 Å². The lowest BCUT2D eigenvalue weighted by Crippen LogP contribution is -2.43. The molecule has 1 aromatic rings. The molecule has 5 nitrogen and oxygen atoms in total. The van der Waals surface area contributed by atoms with Gasteiger partial charge in [0.1, 0.15) is 6.04 Å². The third-order valence-corrected chi connectivity index (χ3v) is 5.72. The molecule has 0 radical (unpaired) electrons. The second kappa shape index (κ2) is 7.94. The second-order valence-corrected chi connectivity index (χ2v) is 7.67. The number of carboxylic acids is 1. The molecule has 1 aromatic carbocycles. The van der Waals surface area contributed by atoms with E-state index < -0.39 is 12.0 Å². The monoisotopic (exact) mass is 384 g/mol. The van der Waals surface area contributed by atoms with Gasteiger partial charge in [0.2, 0.25) is 5.91 Å². The molecule has 2 saturated heterocycles. The molecule has 0 saturated carbocycles. The van der Waals surface area contributed by atoms with Gasteiger partial charge < -0.3 is 10.0 Å². The minimum absolute atomic E-state index is 0.249. The van der Waals surface area contributed by atoms with Gasteiger partial charge in [-0.05, 0) is 56.0 Å². The Bertz CT molecular complexity index is 660. The summed E-state index contributed by atoms with van der Waals surface area (Å²) in [7, 11) is 0. The zero-order valence-electron chi connectivity index (χ0n) is 14.0. The van der Waals surface area contributed by atoms with Crippen LogP contribution in [0.1, 0.15) is 37.3 Å². The van der Waals surface area contributed by atoms with E-state index in [1.165, 1.54) is 0 Å². The van der Waals surface area contributed by atoms with Crippen molar-refractivity contribution in [2.24, 2.45) is 5.92 Å². The van der Waals surface area contributed by atoms with Crippen LogP contribution < -0.4 is 0 Å². The summed E-state index contributed by atoms with van der Waals surface area (Å²) in [4.78, 5) is 27.5. The third kappa shape index (κ3) is 4.27. The van der Waals surface area contributed by atoms with E-state index in [0.717, 1.165) is 32.4 Å². The molecular weight excluding hydrogens is 363 g/mol. The normalized spacial score (nSPS) is 20.9. The molecule has 7 heteroatoms. The Balaban J connectivity index is 1.64. The summed E-state index contributed by atoms with van der Waals surface area (Å²) in [6, 6.07) is 4.18. The van der Waals surface area contributed by atoms with Crippen molar-refractivity contribution in [2.75, 3.05) is 26.2 Å². The molecule has 0 aromatic heterocycles. The summed E-state index contributed by atoms with van der Waals surface area (Å²) in [5.74, 6) is -0.218. The van der Waals surface area contributed by atoms with Crippen molar-refractivity contribution < 1.29 is 14.7 Å². The lowest BCUT2D eigenvalue weighted by Gasteiger charge is -2.37. The number of aliphatic carboxylic acids is 1. The Kier molecular flexibility index (Phi) is 5.87. The molecule has 0 bridgehead atoms. The average Bonchev–Trinajstić information content (AvgIpc) is 2.96. The molecule has 2 aliphatic heterocycles. The fourth-order valence-corrected chi connectivity index (χ4v) is 4.32. The summed E-state index contributed by atoms with van der Waals surface area (Å²) in [6.45, 7) is 3.02. The van der Waals surface area contributed by atoms with Crippen LogP contribution in [0.15, 0.2) is 18.2 Å². The summed E-state index contributed by atoms with van der Waals surface area (Å²) in [6.07, 6.45) is 3.39. The lowest BCUT2D eigenvalue weighted by atomic mass is 9.93. The number of rotatable bonds is 5. The highest BCUT2D eigenvalue weighted by molar-refractivity contribution is 6.35. The molecule has 1 amide bonds. The van der Waals surface area contributed by atoms with E-state index >= 15 is 0 Å². The molecule has 0 spiro atoms. The Labute approximate surface area is 157 Å². The number of hydrogen-bond acceptors (Lipinski definition) is 3. The average molecular weight is 385 g/mol. The van der Waals surface area contributed by atoms with Crippen LogP contribution >= 0.6 is 23.2 Å². The summed E-state index contributed by atoms with van der Waals surface area (Å²) in [5, 5.41) is 10.6. The first-order valence-corrected chi connectivity index (χ1v) is 9.41. The maximum absolute atomic E-state index is 11.9. The zero-order chi connectivity index (χ0) is 18.0. The van der Waals surface area contributed by atoms with E-state index in [1.807, 2.05) is 9.80 Å². The van der Waals surface area contributed by atoms with Gasteiger partial charge >= 0.3 is 5.97 Å². The molecule has 2 fully saturated rings. The van der Waals surface area contributed by atoms with Crippen LogP contribution in [0.2, 0.25) is 10.0 Å². The molecule has 2 aliphatic rings. The van der Waals surface area contributed by atoms with E-state index in [1.54, 1.807) is 18.2 Å². The van der Waals surface area contributed by atoms with Crippen molar-refractivity contribution in [3.63, 3.8) is 0 Å². The number of benzene rings is 1. The molecule has 136 valence electrons. The fraction of sp³-hybridized carbons (Fsp3) is 0.556. The van der Waals surface area contributed by atoms with Gasteiger partial charge in [-0.25, -0.2) is 0 Å². The van der Waals surface area contributed by atoms with E-state index in [9.17, 15) is 14.7 Å². The van der Waals surface area contributed by atoms with E-state index in [0.29, 0.717) is 41.0 Å². The molecular formula is C18H22Cl2N2O3. The zero-order valence-corrected chi connectivity index (χ0v) is 15.5. The predicted octanol–water partition coefficient (Wildman–Crippen LogP) is 3.45.